The summed E-state index contributed by atoms with van der Waals surface area (Å²) in [7, 11) is 0. The van der Waals surface area contributed by atoms with E-state index in [2.05, 4.69) is 26.4 Å². The first-order chi connectivity index (χ1) is 10.7. The molecule has 22 heavy (non-hydrogen) atoms. The van der Waals surface area contributed by atoms with Crippen LogP contribution < -0.4 is 10.6 Å². The van der Waals surface area contributed by atoms with Gasteiger partial charge in [-0.05, 0) is 38.9 Å². The van der Waals surface area contributed by atoms with Crippen LogP contribution in [0.2, 0.25) is 0 Å². The summed E-state index contributed by atoms with van der Waals surface area (Å²) in [5.41, 5.74) is 0. The highest BCUT2D eigenvalue weighted by Gasteiger charge is 2.25. The Morgan fingerprint density at radius 1 is 1.41 bits per heavy atom. The highest BCUT2D eigenvalue weighted by atomic mass is 32.2. The van der Waals surface area contributed by atoms with Crippen LogP contribution in [0, 0.1) is 6.92 Å². The second kappa shape index (κ2) is 9.08. The summed E-state index contributed by atoms with van der Waals surface area (Å²) in [4.78, 5) is 16.2. The Morgan fingerprint density at radius 2 is 2.23 bits per heavy atom. The van der Waals surface area contributed by atoms with Gasteiger partial charge in [-0.1, -0.05) is 12.8 Å². The number of carbonyl (C=O) groups excluding carboxylic acids is 1. The fraction of sp³-hybridized carbons (Fsp3) is 0.750. The Labute approximate surface area is 137 Å². The van der Waals surface area contributed by atoms with Gasteiger partial charge in [0.25, 0.3) is 0 Å². The number of urea groups is 1. The Kier molecular flexibility index (Phi) is 7.09. The summed E-state index contributed by atoms with van der Waals surface area (Å²) in [5, 5.41) is 6.71. The number of hydrogen-bond acceptors (Lipinski definition) is 3. The summed E-state index contributed by atoms with van der Waals surface area (Å²) in [6, 6.07) is 0.321. The monoisotopic (exact) mass is 324 g/mol. The Morgan fingerprint density at radius 3 is 2.95 bits per heavy atom. The first-order valence-corrected chi connectivity index (χ1v) is 9.54. The minimum Gasteiger partial charge on any atom is -0.338 e. The molecule has 2 amide bonds. The number of nitrogens with zero attached hydrogens (tertiary/aromatic N) is 2. The minimum absolute atomic E-state index is 0.00948. The second-order valence-corrected chi connectivity index (χ2v) is 7.02. The fourth-order valence-corrected chi connectivity index (χ4v) is 3.95. The fourth-order valence-electron chi connectivity index (χ4n) is 3.01. The molecule has 1 aliphatic carbocycles. The standard InChI is InChI=1S/C16H28N4OS/c1-13-17-10-12-20(13)11-6-5-9-18-16(21)19-14-7-3-4-8-15(14)22-2/h10,12,14-15H,3-9,11H2,1-2H3,(H2,18,19,21)/t14-,15+/m1/s1. The van der Waals surface area contributed by atoms with Crippen molar-refractivity contribution in [3.63, 3.8) is 0 Å². The van der Waals surface area contributed by atoms with Gasteiger partial charge in [-0.15, -0.1) is 0 Å². The van der Waals surface area contributed by atoms with Crippen LogP contribution in [0.5, 0.6) is 0 Å². The van der Waals surface area contributed by atoms with E-state index in [1.165, 1.54) is 19.3 Å². The van der Waals surface area contributed by atoms with Crippen molar-refractivity contribution in [1.29, 1.82) is 0 Å². The average molecular weight is 324 g/mol. The first kappa shape index (κ1) is 17.2. The van der Waals surface area contributed by atoms with Gasteiger partial charge in [0, 0.05) is 36.8 Å². The minimum atomic E-state index is -0.00948. The molecule has 6 heteroatoms. The smallest absolute Gasteiger partial charge is 0.315 e. The van der Waals surface area contributed by atoms with Crippen molar-refractivity contribution in [1.82, 2.24) is 20.2 Å². The number of hydrogen-bond donors (Lipinski definition) is 2. The van der Waals surface area contributed by atoms with Gasteiger partial charge in [0.1, 0.15) is 5.82 Å². The third-order valence-corrected chi connectivity index (χ3v) is 5.53. The summed E-state index contributed by atoms with van der Waals surface area (Å²) >= 11 is 1.88. The zero-order chi connectivity index (χ0) is 15.8. The highest BCUT2D eigenvalue weighted by Crippen LogP contribution is 2.26. The lowest BCUT2D eigenvalue weighted by atomic mass is 9.95. The van der Waals surface area contributed by atoms with Crippen LogP contribution in [0.3, 0.4) is 0 Å². The maximum absolute atomic E-state index is 12.0. The number of rotatable bonds is 7. The lowest BCUT2D eigenvalue weighted by Gasteiger charge is -2.30. The molecule has 1 aromatic rings. The molecule has 0 radical (unpaired) electrons. The molecule has 5 nitrogen and oxygen atoms in total. The summed E-state index contributed by atoms with van der Waals surface area (Å²) in [6.45, 7) is 3.71. The molecule has 0 unspecified atom stereocenters. The van der Waals surface area contributed by atoms with E-state index in [-0.39, 0.29) is 6.03 Å². The topological polar surface area (TPSA) is 59.0 Å². The van der Waals surface area contributed by atoms with Crippen LogP contribution in [0.25, 0.3) is 0 Å². The van der Waals surface area contributed by atoms with Gasteiger partial charge in [0.2, 0.25) is 0 Å². The number of carbonyl (C=O) groups is 1. The summed E-state index contributed by atoms with van der Waals surface area (Å²) < 4.78 is 2.14. The van der Waals surface area contributed by atoms with E-state index in [4.69, 9.17) is 0 Å². The normalized spacial score (nSPS) is 21.5. The molecule has 0 aliphatic heterocycles. The van der Waals surface area contributed by atoms with Gasteiger partial charge in [-0.3, -0.25) is 0 Å². The van der Waals surface area contributed by atoms with Crippen LogP contribution in [-0.2, 0) is 6.54 Å². The van der Waals surface area contributed by atoms with Crippen molar-refractivity contribution < 1.29 is 4.79 Å². The zero-order valence-corrected chi connectivity index (χ0v) is 14.5. The molecule has 1 aliphatic rings. The second-order valence-electron chi connectivity index (χ2n) is 5.94. The van der Waals surface area contributed by atoms with E-state index in [9.17, 15) is 4.79 Å². The van der Waals surface area contributed by atoms with Gasteiger partial charge < -0.3 is 15.2 Å². The maximum atomic E-state index is 12.0. The van der Waals surface area contributed by atoms with Crippen LogP contribution in [-0.4, -0.2) is 39.7 Å². The average Bonchev–Trinajstić information content (AvgIpc) is 2.93. The zero-order valence-electron chi connectivity index (χ0n) is 13.7. The highest BCUT2D eigenvalue weighted by molar-refractivity contribution is 7.99. The number of thioether (sulfide) groups is 1. The van der Waals surface area contributed by atoms with E-state index >= 15 is 0 Å². The van der Waals surface area contributed by atoms with Crippen molar-refractivity contribution in [2.24, 2.45) is 0 Å². The third-order valence-electron chi connectivity index (χ3n) is 4.36. The molecule has 1 heterocycles. The van der Waals surface area contributed by atoms with Crippen LogP contribution >= 0.6 is 11.8 Å². The molecule has 2 atom stereocenters. The molecule has 1 saturated carbocycles. The number of aryl methyl sites for hydroxylation is 2. The van der Waals surface area contributed by atoms with Crippen LogP contribution in [0.4, 0.5) is 4.79 Å². The van der Waals surface area contributed by atoms with Gasteiger partial charge in [0.05, 0.1) is 0 Å². The van der Waals surface area contributed by atoms with Gasteiger partial charge in [-0.25, -0.2) is 9.78 Å². The Bertz CT molecular complexity index is 463. The van der Waals surface area contributed by atoms with E-state index < -0.39 is 0 Å². The molecule has 0 bridgehead atoms. The molecule has 1 fully saturated rings. The van der Waals surface area contributed by atoms with E-state index in [0.717, 1.165) is 38.2 Å². The molecule has 1 aromatic heterocycles. The molecule has 2 N–H and O–H groups in total. The van der Waals surface area contributed by atoms with Gasteiger partial charge in [0.15, 0.2) is 0 Å². The molecule has 0 aromatic carbocycles. The number of unbranched alkanes of at least 4 members (excludes halogenated alkanes) is 1. The van der Waals surface area contributed by atoms with E-state index in [1.54, 1.807) is 0 Å². The lowest BCUT2D eigenvalue weighted by molar-refractivity contribution is 0.233. The predicted octanol–water partition coefficient (Wildman–Crippen LogP) is 2.95. The quantitative estimate of drug-likeness (QED) is 0.758. The number of imidazole rings is 1. The maximum Gasteiger partial charge on any atom is 0.315 e. The Balaban J connectivity index is 1.58. The molecule has 0 saturated heterocycles. The van der Waals surface area contributed by atoms with Gasteiger partial charge >= 0.3 is 6.03 Å². The number of nitrogens with one attached hydrogen (secondary N) is 2. The van der Waals surface area contributed by atoms with Crippen molar-refractivity contribution in [3.05, 3.63) is 18.2 Å². The molecule has 2 rings (SSSR count). The van der Waals surface area contributed by atoms with E-state index in [0.29, 0.717) is 11.3 Å². The van der Waals surface area contributed by atoms with Crippen LogP contribution in [0.1, 0.15) is 44.3 Å². The van der Waals surface area contributed by atoms with Crippen molar-refractivity contribution in [2.45, 2.75) is 63.3 Å². The lowest BCUT2D eigenvalue weighted by Crippen LogP contribution is -2.48. The SMILES string of the molecule is CS[C@H]1CCCC[C@H]1NC(=O)NCCCCn1ccnc1C. The molecular weight excluding hydrogens is 296 g/mol. The van der Waals surface area contributed by atoms with Gasteiger partial charge in [-0.2, -0.15) is 11.8 Å². The largest absolute Gasteiger partial charge is 0.338 e. The van der Waals surface area contributed by atoms with E-state index in [1.807, 2.05) is 31.1 Å². The predicted molar refractivity (Wildman–Crippen MR) is 92.3 cm³/mol. The Hall–Kier alpha value is -1.17. The first-order valence-electron chi connectivity index (χ1n) is 8.25. The van der Waals surface area contributed by atoms with Crippen molar-refractivity contribution in [3.8, 4) is 0 Å². The number of aromatic nitrogens is 2. The number of amides is 2. The summed E-state index contributed by atoms with van der Waals surface area (Å²) in [6.07, 6.45) is 12.9. The van der Waals surface area contributed by atoms with Crippen molar-refractivity contribution >= 4 is 17.8 Å². The third kappa shape index (κ3) is 5.23. The molecule has 0 spiro atoms. The van der Waals surface area contributed by atoms with Crippen LogP contribution in [0.15, 0.2) is 12.4 Å². The molecule has 124 valence electrons. The molecular formula is C16H28N4OS. The summed E-state index contributed by atoms with van der Waals surface area (Å²) in [5.74, 6) is 1.05. The van der Waals surface area contributed by atoms with Crippen molar-refractivity contribution in [2.75, 3.05) is 12.8 Å².